The third-order valence-electron chi connectivity index (χ3n) is 4.23. The highest BCUT2D eigenvalue weighted by Gasteiger charge is 2.29. The van der Waals surface area contributed by atoms with Gasteiger partial charge in [-0.15, -0.1) is 0 Å². The van der Waals surface area contributed by atoms with E-state index in [0.717, 1.165) is 22.3 Å². The predicted molar refractivity (Wildman–Crippen MR) is 104 cm³/mol. The lowest BCUT2D eigenvalue weighted by Crippen LogP contribution is -2.17. The lowest BCUT2D eigenvalue weighted by atomic mass is 10.1. The number of hydrogen-bond acceptors (Lipinski definition) is 1. The highest BCUT2D eigenvalue weighted by molar-refractivity contribution is 7.82. The molecule has 0 N–H and O–H groups in total. The van der Waals surface area contributed by atoms with Gasteiger partial charge in [-0.3, -0.25) is 0 Å². The third-order valence-corrected chi connectivity index (χ3v) is 7.39. The van der Waals surface area contributed by atoms with Crippen molar-refractivity contribution in [1.82, 2.24) is 0 Å². The van der Waals surface area contributed by atoms with E-state index in [9.17, 15) is 4.57 Å². The Morgan fingerprint density at radius 2 is 1.12 bits per heavy atom. The van der Waals surface area contributed by atoms with Crippen LogP contribution in [0.25, 0.3) is 0 Å². The molecule has 0 heterocycles. The summed E-state index contributed by atoms with van der Waals surface area (Å²) in [6.07, 6.45) is 1.56. The molecule has 0 atom stereocenters. The predicted octanol–water partition coefficient (Wildman–Crippen LogP) is 5.15. The molecule has 120 valence electrons. The molecule has 3 aromatic carbocycles. The molecule has 0 amide bonds. The van der Waals surface area contributed by atoms with Crippen LogP contribution in [0.5, 0.6) is 0 Å². The van der Waals surface area contributed by atoms with E-state index >= 15 is 0 Å². The Kier molecular flexibility index (Phi) is 5.13. The first-order chi connectivity index (χ1) is 11.7. The maximum atomic E-state index is 14.0. The number of allylic oxidation sites excluding steroid dienone is 1. The van der Waals surface area contributed by atoms with E-state index in [-0.39, 0.29) is 0 Å². The van der Waals surface area contributed by atoms with Crippen LogP contribution in [0.2, 0.25) is 0 Å². The zero-order valence-electron chi connectivity index (χ0n) is 13.6. The Balaban J connectivity index is 1.93. The second-order valence-electron chi connectivity index (χ2n) is 5.83. The van der Waals surface area contributed by atoms with Crippen LogP contribution >= 0.6 is 7.14 Å². The van der Waals surface area contributed by atoms with Crippen LogP contribution in [0, 0.1) is 0 Å². The van der Waals surface area contributed by atoms with Crippen LogP contribution in [0.1, 0.15) is 12.0 Å². The highest BCUT2D eigenvalue weighted by Crippen LogP contribution is 2.52. The Labute approximate surface area is 144 Å². The topological polar surface area (TPSA) is 17.1 Å². The van der Waals surface area contributed by atoms with Crippen molar-refractivity contribution in [2.75, 3.05) is 0 Å². The van der Waals surface area contributed by atoms with Crippen LogP contribution < -0.4 is 10.6 Å². The third kappa shape index (κ3) is 3.42. The molecule has 1 nitrogen and oxygen atoms in total. The van der Waals surface area contributed by atoms with Gasteiger partial charge in [0.1, 0.15) is 0 Å². The first-order valence-corrected chi connectivity index (χ1v) is 9.85. The van der Waals surface area contributed by atoms with Gasteiger partial charge in [0.05, 0.1) is 0 Å². The van der Waals surface area contributed by atoms with Crippen molar-refractivity contribution in [1.29, 1.82) is 0 Å². The van der Waals surface area contributed by atoms with Gasteiger partial charge in [-0.25, -0.2) is 0 Å². The molecule has 3 rings (SSSR count). The van der Waals surface area contributed by atoms with Crippen molar-refractivity contribution >= 4 is 17.8 Å². The molecule has 0 spiro atoms. The molecule has 0 aliphatic carbocycles. The van der Waals surface area contributed by atoms with E-state index in [1.165, 1.54) is 5.56 Å². The monoisotopic (exact) mass is 332 g/mol. The van der Waals surface area contributed by atoms with Gasteiger partial charge in [0.2, 0.25) is 0 Å². The quantitative estimate of drug-likeness (QED) is 0.571. The van der Waals surface area contributed by atoms with Crippen molar-refractivity contribution in [3.05, 3.63) is 108 Å². The smallest absolute Gasteiger partial charge is 0.166 e. The summed E-state index contributed by atoms with van der Waals surface area (Å²) in [5.74, 6) is 0. The molecule has 0 aliphatic heterocycles. The molecule has 0 radical (unpaired) electrons. The average molecular weight is 332 g/mol. The van der Waals surface area contributed by atoms with E-state index in [1.807, 2.05) is 78.9 Å². The minimum atomic E-state index is -2.85. The minimum Gasteiger partial charge on any atom is -0.309 e. The summed E-state index contributed by atoms with van der Waals surface area (Å²) in [6.45, 7) is 4.23. The van der Waals surface area contributed by atoms with Gasteiger partial charge < -0.3 is 4.57 Å². The molecule has 0 aliphatic rings. The zero-order chi connectivity index (χ0) is 16.8. The Morgan fingerprint density at radius 1 is 0.708 bits per heavy atom. The van der Waals surface area contributed by atoms with Gasteiger partial charge in [0.25, 0.3) is 0 Å². The fourth-order valence-electron chi connectivity index (χ4n) is 2.88. The Hall–Kier alpha value is -2.37. The van der Waals surface area contributed by atoms with Crippen LogP contribution in [0.4, 0.5) is 0 Å². The Morgan fingerprint density at radius 3 is 1.58 bits per heavy atom. The van der Waals surface area contributed by atoms with Gasteiger partial charge in [-0.05, 0) is 23.7 Å². The lowest BCUT2D eigenvalue weighted by Gasteiger charge is -2.22. The number of benzene rings is 3. The first kappa shape index (κ1) is 16.5. The van der Waals surface area contributed by atoms with E-state index in [4.69, 9.17) is 0 Å². The Bertz CT molecular complexity index is 795. The van der Waals surface area contributed by atoms with Crippen LogP contribution in [0.15, 0.2) is 103 Å². The normalized spacial score (nSPS) is 11.2. The van der Waals surface area contributed by atoms with Gasteiger partial charge in [-0.2, -0.15) is 0 Å². The summed E-state index contributed by atoms with van der Waals surface area (Å²) in [5.41, 5.74) is 1.24. The fourth-order valence-corrected chi connectivity index (χ4v) is 5.52. The van der Waals surface area contributed by atoms with Crippen molar-refractivity contribution < 1.29 is 4.57 Å². The zero-order valence-corrected chi connectivity index (χ0v) is 14.5. The van der Waals surface area contributed by atoms with Crippen molar-refractivity contribution in [3.63, 3.8) is 0 Å². The summed E-state index contributed by atoms with van der Waals surface area (Å²) >= 11 is 0. The van der Waals surface area contributed by atoms with E-state index in [0.29, 0.717) is 6.42 Å². The van der Waals surface area contributed by atoms with Crippen LogP contribution in [-0.4, -0.2) is 0 Å². The SMILES string of the molecule is C=C(CCc1ccccc1)P(=O)(c1ccccc1)c1ccccc1. The standard InChI is InChI=1S/C22H21OP/c1-19(17-18-20-11-5-2-6-12-20)24(23,21-13-7-3-8-14-21)22-15-9-4-10-16-22/h2-16H,1,17-18H2. The van der Waals surface area contributed by atoms with Gasteiger partial charge >= 0.3 is 0 Å². The van der Waals surface area contributed by atoms with Gasteiger partial charge in [0, 0.05) is 10.6 Å². The number of hydrogen-bond donors (Lipinski definition) is 0. The largest absolute Gasteiger partial charge is 0.309 e. The lowest BCUT2D eigenvalue weighted by molar-refractivity contribution is 0.589. The first-order valence-electron chi connectivity index (χ1n) is 8.15. The maximum Gasteiger partial charge on any atom is 0.166 e. The van der Waals surface area contributed by atoms with E-state index < -0.39 is 7.14 Å². The summed E-state index contributed by atoms with van der Waals surface area (Å²) < 4.78 is 14.0. The summed E-state index contributed by atoms with van der Waals surface area (Å²) in [4.78, 5) is 0. The van der Waals surface area contributed by atoms with Crippen LogP contribution in [-0.2, 0) is 11.0 Å². The molecule has 0 bridgehead atoms. The molecule has 24 heavy (non-hydrogen) atoms. The number of rotatable bonds is 6. The van der Waals surface area contributed by atoms with E-state index in [1.54, 1.807) is 0 Å². The summed E-state index contributed by atoms with van der Waals surface area (Å²) in [7, 11) is -2.85. The van der Waals surface area contributed by atoms with Crippen LogP contribution in [0.3, 0.4) is 0 Å². The molecule has 0 saturated heterocycles. The molecule has 0 unspecified atom stereocenters. The summed E-state index contributed by atoms with van der Waals surface area (Å²) in [5, 5.41) is 2.52. The second kappa shape index (κ2) is 7.47. The number of aryl methyl sites for hydroxylation is 1. The molecular weight excluding hydrogens is 311 g/mol. The molecule has 0 fully saturated rings. The minimum absolute atomic E-state index is 0.713. The van der Waals surface area contributed by atoms with Crippen molar-refractivity contribution in [2.45, 2.75) is 12.8 Å². The van der Waals surface area contributed by atoms with Crippen molar-refractivity contribution in [2.24, 2.45) is 0 Å². The molecule has 0 aromatic heterocycles. The molecule has 2 heteroatoms. The van der Waals surface area contributed by atoms with E-state index in [2.05, 4.69) is 18.7 Å². The highest BCUT2D eigenvalue weighted by atomic mass is 31.2. The fraction of sp³-hybridized carbons (Fsp3) is 0.0909. The van der Waals surface area contributed by atoms with Crippen molar-refractivity contribution in [3.8, 4) is 0 Å². The molecule has 3 aromatic rings. The molecular formula is C22H21OP. The van der Waals surface area contributed by atoms with Gasteiger partial charge in [0.15, 0.2) is 7.14 Å². The van der Waals surface area contributed by atoms with Gasteiger partial charge in [-0.1, -0.05) is 97.6 Å². The summed E-state index contributed by atoms with van der Waals surface area (Å²) in [6, 6.07) is 29.7. The second-order valence-corrected chi connectivity index (χ2v) is 8.72. The molecule has 0 saturated carbocycles. The maximum absolute atomic E-state index is 14.0. The average Bonchev–Trinajstić information content (AvgIpc) is 2.67.